The minimum atomic E-state index is 0.256. The van der Waals surface area contributed by atoms with Crippen LogP contribution in [0.25, 0.3) is 0 Å². The van der Waals surface area contributed by atoms with Crippen LogP contribution in [0.15, 0.2) is 36.0 Å². The summed E-state index contributed by atoms with van der Waals surface area (Å²) in [6.07, 6.45) is 7.20. The largest absolute Gasteiger partial charge is 0.294 e. The van der Waals surface area contributed by atoms with Gasteiger partial charge in [0.1, 0.15) is 0 Å². The van der Waals surface area contributed by atoms with E-state index in [1.807, 2.05) is 19.1 Å². The molecule has 1 aliphatic rings. The first kappa shape index (κ1) is 7.99. The van der Waals surface area contributed by atoms with Gasteiger partial charge in [-0.25, -0.2) is 0 Å². The molecule has 11 heavy (non-hydrogen) atoms. The minimum Gasteiger partial charge on any atom is -0.294 e. The first-order chi connectivity index (χ1) is 5.24. The van der Waals surface area contributed by atoms with E-state index in [-0.39, 0.29) is 5.78 Å². The van der Waals surface area contributed by atoms with Gasteiger partial charge in [0.05, 0.1) is 0 Å². The lowest BCUT2D eigenvalue weighted by molar-refractivity contribution is -0.114. The molecule has 0 unspecified atom stereocenters. The van der Waals surface area contributed by atoms with Crippen LogP contribution < -0.4 is 0 Å². The maximum Gasteiger partial charge on any atom is 0.162 e. The number of rotatable bonds is 2. The number of allylic oxidation sites excluding steroid dienone is 5. The highest BCUT2D eigenvalue weighted by atomic mass is 16.1. The number of hydrogen-bond acceptors (Lipinski definition) is 1. The topological polar surface area (TPSA) is 17.1 Å². The van der Waals surface area contributed by atoms with E-state index in [1.54, 1.807) is 6.08 Å². The summed E-state index contributed by atoms with van der Waals surface area (Å²) in [7, 11) is 0. The lowest BCUT2D eigenvalue weighted by Crippen LogP contribution is -1.92. The highest BCUT2D eigenvalue weighted by Crippen LogP contribution is 2.16. The lowest BCUT2D eigenvalue weighted by Gasteiger charge is -1.92. The van der Waals surface area contributed by atoms with Crippen molar-refractivity contribution in [2.45, 2.75) is 19.8 Å². The van der Waals surface area contributed by atoms with E-state index in [2.05, 4.69) is 6.58 Å². The van der Waals surface area contributed by atoms with Gasteiger partial charge in [0.15, 0.2) is 5.78 Å². The summed E-state index contributed by atoms with van der Waals surface area (Å²) in [4.78, 5) is 11.1. The molecule has 58 valence electrons. The van der Waals surface area contributed by atoms with Crippen LogP contribution >= 0.6 is 0 Å². The van der Waals surface area contributed by atoms with E-state index in [1.165, 1.54) is 0 Å². The molecule has 0 atom stereocenters. The third-order valence-electron chi connectivity index (χ3n) is 1.76. The Morgan fingerprint density at radius 3 is 2.91 bits per heavy atom. The molecule has 0 saturated carbocycles. The molecule has 0 N–H and O–H groups in total. The van der Waals surface area contributed by atoms with Crippen LogP contribution in [0.3, 0.4) is 0 Å². The number of carbonyl (C=O) groups is 1. The molecule has 0 bridgehead atoms. The van der Waals surface area contributed by atoms with Crippen LogP contribution in [0.5, 0.6) is 0 Å². The third-order valence-corrected chi connectivity index (χ3v) is 1.76. The maximum atomic E-state index is 11.1. The van der Waals surface area contributed by atoms with E-state index >= 15 is 0 Å². The van der Waals surface area contributed by atoms with Crippen molar-refractivity contribution >= 4 is 5.78 Å². The molecule has 1 nitrogen and oxygen atoms in total. The van der Waals surface area contributed by atoms with Gasteiger partial charge in [-0.1, -0.05) is 24.3 Å². The quantitative estimate of drug-likeness (QED) is 0.549. The van der Waals surface area contributed by atoms with Gasteiger partial charge in [-0.3, -0.25) is 4.79 Å². The Labute approximate surface area is 67.1 Å². The molecular formula is C10H12O. The van der Waals surface area contributed by atoms with Crippen LogP contribution in [-0.4, -0.2) is 5.78 Å². The fourth-order valence-electron chi connectivity index (χ4n) is 1.06. The molecule has 0 amide bonds. The zero-order valence-electron chi connectivity index (χ0n) is 6.76. The highest BCUT2D eigenvalue weighted by molar-refractivity contribution is 6.00. The zero-order chi connectivity index (χ0) is 8.27. The molecule has 1 heteroatoms. The van der Waals surface area contributed by atoms with Crippen molar-refractivity contribution < 1.29 is 4.79 Å². The Bertz CT molecular complexity index is 244. The lowest BCUT2D eigenvalue weighted by atomic mass is 10.1. The first-order valence-electron chi connectivity index (χ1n) is 3.78. The van der Waals surface area contributed by atoms with Crippen molar-refractivity contribution in [3.8, 4) is 0 Å². The van der Waals surface area contributed by atoms with Gasteiger partial charge >= 0.3 is 0 Å². The molecule has 0 radical (unpaired) electrons. The molecule has 0 aliphatic heterocycles. The van der Waals surface area contributed by atoms with Crippen molar-refractivity contribution in [2.75, 3.05) is 0 Å². The highest BCUT2D eigenvalue weighted by Gasteiger charge is 2.11. The van der Waals surface area contributed by atoms with Gasteiger partial charge in [0.25, 0.3) is 0 Å². The van der Waals surface area contributed by atoms with Crippen LogP contribution in [-0.2, 0) is 4.79 Å². The van der Waals surface area contributed by atoms with Crippen LogP contribution in [0.4, 0.5) is 0 Å². The van der Waals surface area contributed by atoms with Gasteiger partial charge in [-0.15, -0.1) is 0 Å². The SMILES string of the molecule is C=C/C(C)=C\C1=CCCC1=O. The second-order valence-corrected chi connectivity index (χ2v) is 2.71. The minimum absolute atomic E-state index is 0.256. The fourth-order valence-corrected chi connectivity index (χ4v) is 1.06. The zero-order valence-corrected chi connectivity index (χ0v) is 6.76. The Morgan fingerprint density at radius 1 is 1.73 bits per heavy atom. The predicted octanol–water partition coefficient (Wildman–Crippen LogP) is 2.41. The van der Waals surface area contributed by atoms with Crippen LogP contribution in [0.1, 0.15) is 19.8 Å². The molecular weight excluding hydrogens is 136 g/mol. The Morgan fingerprint density at radius 2 is 2.45 bits per heavy atom. The summed E-state index contributed by atoms with van der Waals surface area (Å²) >= 11 is 0. The van der Waals surface area contributed by atoms with Gasteiger partial charge in [-0.05, 0) is 19.4 Å². The molecule has 0 fully saturated rings. The van der Waals surface area contributed by atoms with E-state index < -0.39 is 0 Å². The smallest absolute Gasteiger partial charge is 0.162 e. The van der Waals surface area contributed by atoms with Crippen molar-refractivity contribution in [3.63, 3.8) is 0 Å². The van der Waals surface area contributed by atoms with Gasteiger partial charge in [0.2, 0.25) is 0 Å². The second kappa shape index (κ2) is 3.33. The van der Waals surface area contributed by atoms with E-state index in [4.69, 9.17) is 0 Å². The Kier molecular flexibility index (Phi) is 2.42. The second-order valence-electron chi connectivity index (χ2n) is 2.71. The summed E-state index contributed by atoms with van der Waals surface area (Å²) in [5.41, 5.74) is 1.90. The standard InChI is InChI=1S/C10H12O/c1-3-8(2)7-9-5-4-6-10(9)11/h3,5,7H,1,4,6H2,2H3/b8-7-. The van der Waals surface area contributed by atoms with E-state index in [0.717, 1.165) is 17.6 Å². The van der Waals surface area contributed by atoms with Crippen LogP contribution in [0, 0.1) is 0 Å². The summed E-state index contributed by atoms with van der Waals surface area (Å²) in [6, 6.07) is 0. The monoisotopic (exact) mass is 148 g/mol. The molecule has 0 aromatic heterocycles. The number of Topliss-reactive ketones (excluding diaryl/α,β-unsaturated/α-hetero) is 1. The third kappa shape index (κ3) is 1.90. The van der Waals surface area contributed by atoms with E-state index in [9.17, 15) is 4.79 Å². The molecule has 1 rings (SSSR count). The van der Waals surface area contributed by atoms with Crippen molar-refractivity contribution in [3.05, 3.63) is 36.0 Å². The number of ketones is 1. The normalized spacial score (nSPS) is 18.5. The Balaban J connectivity index is 2.76. The number of hydrogen-bond donors (Lipinski definition) is 0. The maximum absolute atomic E-state index is 11.1. The van der Waals surface area contributed by atoms with Crippen molar-refractivity contribution in [1.82, 2.24) is 0 Å². The molecule has 0 saturated heterocycles. The molecule has 0 aromatic carbocycles. The first-order valence-corrected chi connectivity index (χ1v) is 3.78. The average Bonchev–Trinajstić information content (AvgIpc) is 2.37. The van der Waals surface area contributed by atoms with Crippen molar-refractivity contribution in [2.24, 2.45) is 0 Å². The van der Waals surface area contributed by atoms with Crippen LogP contribution in [0.2, 0.25) is 0 Å². The molecule has 1 aliphatic carbocycles. The van der Waals surface area contributed by atoms with Crippen molar-refractivity contribution in [1.29, 1.82) is 0 Å². The summed E-state index contributed by atoms with van der Waals surface area (Å²) in [5, 5.41) is 0. The predicted molar refractivity (Wildman–Crippen MR) is 46.3 cm³/mol. The fraction of sp³-hybridized carbons (Fsp3) is 0.300. The number of carbonyl (C=O) groups excluding carboxylic acids is 1. The molecule has 0 spiro atoms. The summed E-state index contributed by atoms with van der Waals surface area (Å²) < 4.78 is 0. The van der Waals surface area contributed by atoms with Gasteiger partial charge in [-0.2, -0.15) is 0 Å². The van der Waals surface area contributed by atoms with Gasteiger partial charge < -0.3 is 0 Å². The molecule has 0 heterocycles. The average molecular weight is 148 g/mol. The van der Waals surface area contributed by atoms with Gasteiger partial charge in [0, 0.05) is 12.0 Å². The summed E-state index contributed by atoms with van der Waals surface area (Å²) in [5.74, 6) is 0.256. The van der Waals surface area contributed by atoms with E-state index in [0.29, 0.717) is 6.42 Å². The molecule has 0 aromatic rings. The Hall–Kier alpha value is -1.11. The summed E-state index contributed by atoms with van der Waals surface area (Å²) in [6.45, 7) is 5.56.